The molecule has 5 rings (SSSR count). The van der Waals surface area contributed by atoms with Crippen molar-refractivity contribution >= 4 is 5.65 Å². The molecule has 0 bridgehead atoms. The lowest BCUT2D eigenvalue weighted by molar-refractivity contribution is -0.275. The van der Waals surface area contributed by atoms with Crippen molar-refractivity contribution in [3.63, 3.8) is 0 Å². The van der Waals surface area contributed by atoms with Gasteiger partial charge in [-0.15, -0.1) is 23.4 Å². The van der Waals surface area contributed by atoms with E-state index in [1.807, 2.05) is 17.5 Å². The summed E-state index contributed by atoms with van der Waals surface area (Å²) in [6, 6.07) is 17.4. The zero-order chi connectivity index (χ0) is 21.6. The molecule has 158 valence electrons. The minimum Gasteiger partial charge on any atom is -0.449 e. The topological polar surface area (TPSA) is 48.7 Å². The van der Waals surface area contributed by atoms with E-state index in [2.05, 4.69) is 39.2 Å². The Morgan fingerprint density at radius 1 is 0.871 bits per heavy atom. The van der Waals surface area contributed by atoms with Gasteiger partial charge < -0.3 is 9.47 Å². The number of hydrogen-bond donors (Lipinski definition) is 0. The summed E-state index contributed by atoms with van der Waals surface area (Å²) in [6.45, 7) is 2.04. The van der Waals surface area contributed by atoms with Crippen LogP contribution in [0.1, 0.15) is 29.8 Å². The summed E-state index contributed by atoms with van der Waals surface area (Å²) in [6.07, 6.45) is -1.09. The average molecular weight is 425 g/mol. The number of alkyl halides is 3. The summed E-state index contributed by atoms with van der Waals surface area (Å²) >= 11 is 0. The third-order valence-electron chi connectivity index (χ3n) is 5.48. The van der Waals surface area contributed by atoms with Crippen LogP contribution in [0.15, 0.2) is 66.9 Å². The number of pyridine rings is 1. The Morgan fingerprint density at radius 3 is 2.23 bits per heavy atom. The maximum absolute atomic E-state index is 12.7. The van der Waals surface area contributed by atoms with Crippen LogP contribution < -0.4 is 9.47 Å². The van der Waals surface area contributed by atoms with Crippen LogP contribution >= 0.6 is 0 Å². The van der Waals surface area contributed by atoms with Gasteiger partial charge in [0.05, 0.1) is 5.41 Å². The van der Waals surface area contributed by atoms with Crippen LogP contribution in [0.5, 0.6) is 17.2 Å². The van der Waals surface area contributed by atoms with Crippen LogP contribution in [-0.4, -0.2) is 21.0 Å². The highest BCUT2D eigenvalue weighted by Crippen LogP contribution is 2.53. The number of halogens is 3. The van der Waals surface area contributed by atoms with Gasteiger partial charge in [-0.1, -0.05) is 42.0 Å². The van der Waals surface area contributed by atoms with Crippen LogP contribution in [0.4, 0.5) is 13.2 Å². The fraction of sp³-hybridized carbons (Fsp3) is 0.217. The van der Waals surface area contributed by atoms with E-state index in [0.717, 1.165) is 18.7 Å². The van der Waals surface area contributed by atoms with Crippen molar-refractivity contribution in [2.24, 2.45) is 0 Å². The molecule has 0 N–H and O–H groups in total. The van der Waals surface area contributed by atoms with Crippen LogP contribution in [0.2, 0.25) is 0 Å². The molecule has 0 amide bonds. The molecule has 0 radical (unpaired) electrons. The van der Waals surface area contributed by atoms with Crippen LogP contribution in [0, 0.1) is 6.92 Å². The van der Waals surface area contributed by atoms with E-state index in [1.54, 1.807) is 18.2 Å². The van der Waals surface area contributed by atoms with Crippen LogP contribution in [0.3, 0.4) is 0 Å². The van der Waals surface area contributed by atoms with Crippen molar-refractivity contribution in [2.45, 2.75) is 31.5 Å². The van der Waals surface area contributed by atoms with Gasteiger partial charge in [-0.2, -0.15) is 0 Å². The molecule has 31 heavy (non-hydrogen) atoms. The highest BCUT2D eigenvalue weighted by atomic mass is 19.4. The Morgan fingerprint density at radius 2 is 1.55 bits per heavy atom. The second-order valence-electron chi connectivity index (χ2n) is 7.63. The van der Waals surface area contributed by atoms with Gasteiger partial charge >= 0.3 is 6.36 Å². The quantitative estimate of drug-likeness (QED) is 0.405. The zero-order valence-electron chi connectivity index (χ0n) is 16.6. The summed E-state index contributed by atoms with van der Waals surface area (Å²) in [7, 11) is 0. The van der Waals surface area contributed by atoms with E-state index in [0.29, 0.717) is 11.4 Å². The minimum atomic E-state index is -4.82. The molecule has 4 aromatic rings. The van der Waals surface area contributed by atoms with E-state index >= 15 is 0 Å². The fourth-order valence-electron chi connectivity index (χ4n) is 3.80. The third kappa shape index (κ3) is 3.58. The van der Waals surface area contributed by atoms with Crippen molar-refractivity contribution in [3.8, 4) is 17.2 Å². The second kappa shape index (κ2) is 7.01. The first-order chi connectivity index (χ1) is 14.9. The first kappa shape index (κ1) is 19.4. The van der Waals surface area contributed by atoms with Gasteiger partial charge in [-0.05, 0) is 49.6 Å². The number of rotatable bonds is 5. The Hall–Kier alpha value is -3.55. The Balaban J connectivity index is 1.53. The number of hydrogen-bond acceptors (Lipinski definition) is 4. The summed E-state index contributed by atoms with van der Waals surface area (Å²) in [5, 5.41) is 8.73. The molecular formula is C23H18F3N3O2. The number of nitrogens with zero attached hydrogens (tertiary/aromatic N) is 3. The largest absolute Gasteiger partial charge is 0.573 e. The van der Waals surface area contributed by atoms with Crippen molar-refractivity contribution in [1.82, 2.24) is 14.6 Å². The molecule has 0 unspecified atom stereocenters. The SMILES string of the molecule is Cc1ccc(C2(c3nnc4c(Oc5ccccc5OC(F)(F)F)cccn34)CC2)cc1. The molecule has 0 saturated heterocycles. The maximum atomic E-state index is 12.7. The van der Waals surface area contributed by atoms with E-state index in [4.69, 9.17) is 4.74 Å². The summed E-state index contributed by atoms with van der Waals surface area (Å²) in [5.41, 5.74) is 2.56. The van der Waals surface area contributed by atoms with Crippen molar-refractivity contribution in [3.05, 3.63) is 83.8 Å². The molecule has 1 aliphatic carbocycles. The molecule has 2 aromatic heterocycles. The molecule has 8 heteroatoms. The smallest absolute Gasteiger partial charge is 0.449 e. The lowest BCUT2D eigenvalue weighted by atomic mass is 9.94. The van der Waals surface area contributed by atoms with Crippen molar-refractivity contribution < 1.29 is 22.6 Å². The van der Waals surface area contributed by atoms with Crippen molar-refractivity contribution in [1.29, 1.82) is 0 Å². The number of aromatic nitrogens is 3. The van der Waals surface area contributed by atoms with Crippen LogP contribution in [-0.2, 0) is 5.41 Å². The first-order valence-electron chi connectivity index (χ1n) is 9.80. The second-order valence-corrected chi connectivity index (χ2v) is 7.63. The van der Waals surface area contributed by atoms with E-state index in [1.165, 1.54) is 29.3 Å². The molecule has 0 atom stereocenters. The Kier molecular flexibility index (Phi) is 4.39. The van der Waals surface area contributed by atoms with E-state index in [9.17, 15) is 13.2 Å². The number of aryl methyl sites for hydroxylation is 1. The van der Waals surface area contributed by atoms with Gasteiger partial charge in [0.1, 0.15) is 5.82 Å². The van der Waals surface area contributed by atoms with Gasteiger partial charge in [0.25, 0.3) is 0 Å². The van der Waals surface area contributed by atoms with Gasteiger partial charge in [0.2, 0.25) is 5.65 Å². The molecule has 2 aromatic carbocycles. The molecular weight excluding hydrogens is 407 g/mol. The van der Waals surface area contributed by atoms with Gasteiger partial charge in [-0.3, -0.25) is 4.40 Å². The maximum Gasteiger partial charge on any atom is 0.573 e. The lowest BCUT2D eigenvalue weighted by Crippen LogP contribution is -2.17. The number of fused-ring (bicyclic) bond motifs is 1. The molecule has 1 saturated carbocycles. The van der Waals surface area contributed by atoms with Crippen molar-refractivity contribution in [2.75, 3.05) is 0 Å². The Labute approximate surface area is 176 Å². The number of para-hydroxylation sites is 2. The molecule has 2 heterocycles. The van der Waals surface area contributed by atoms with Gasteiger partial charge in [0.15, 0.2) is 17.2 Å². The molecule has 1 aliphatic rings. The van der Waals surface area contributed by atoms with Crippen LogP contribution in [0.25, 0.3) is 5.65 Å². The summed E-state index contributed by atoms with van der Waals surface area (Å²) in [4.78, 5) is 0. The average Bonchev–Trinajstić information content (AvgIpc) is 3.41. The van der Waals surface area contributed by atoms with E-state index < -0.39 is 12.1 Å². The number of benzene rings is 2. The first-order valence-corrected chi connectivity index (χ1v) is 9.80. The molecule has 1 fully saturated rings. The van der Waals surface area contributed by atoms with Gasteiger partial charge in [-0.25, -0.2) is 0 Å². The fourth-order valence-corrected chi connectivity index (χ4v) is 3.80. The molecule has 0 aliphatic heterocycles. The zero-order valence-corrected chi connectivity index (χ0v) is 16.6. The predicted octanol–water partition coefficient (Wildman–Crippen LogP) is 5.81. The number of ether oxygens (including phenoxy) is 2. The highest BCUT2D eigenvalue weighted by molar-refractivity contribution is 5.57. The Bertz CT molecular complexity index is 1250. The minimum absolute atomic E-state index is 0.0582. The summed E-state index contributed by atoms with van der Waals surface area (Å²) < 4.78 is 49.9. The predicted molar refractivity (Wildman–Crippen MR) is 107 cm³/mol. The van der Waals surface area contributed by atoms with Gasteiger partial charge in [0, 0.05) is 6.20 Å². The highest BCUT2D eigenvalue weighted by Gasteiger charge is 2.49. The monoisotopic (exact) mass is 425 g/mol. The van der Waals surface area contributed by atoms with E-state index in [-0.39, 0.29) is 11.2 Å². The normalized spacial score (nSPS) is 15.1. The third-order valence-corrected chi connectivity index (χ3v) is 5.48. The standard InChI is InChI=1S/C23H18F3N3O2/c1-15-8-10-16(11-9-15)22(12-13-22)21-28-27-20-19(7-4-14-29(20)21)30-17-5-2-3-6-18(17)31-23(24,25)26/h2-11,14H,12-13H2,1H3. The lowest BCUT2D eigenvalue weighted by Gasteiger charge is -2.15. The molecule has 5 nitrogen and oxygen atoms in total. The summed E-state index contributed by atoms with van der Waals surface area (Å²) in [5.74, 6) is 0.600. The molecule has 0 spiro atoms.